The van der Waals surface area contributed by atoms with E-state index in [0.717, 1.165) is 16.5 Å². The van der Waals surface area contributed by atoms with E-state index < -0.39 is 0 Å². The second kappa shape index (κ2) is 5.45. The standard InChI is InChI=1S/C15H19NO3/c1-10-6-13-12(8-15(18)16(3)4-5-17)9-19-14(13)7-11(10)2/h6-7,9,17H,4-5,8H2,1-3H3. The van der Waals surface area contributed by atoms with Crippen molar-refractivity contribution in [2.24, 2.45) is 0 Å². The summed E-state index contributed by atoms with van der Waals surface area (Å²) in [5.41, 5.74) is 4.08. The Labute approximate surface area is 112 Å². The molecule has 0 spiro atoms. The largest absolute Gasteiger partial charge is 0.464 e. The molecule has 0 atom stereocenters. The third-order valence-electron chi connectivity index (χ3n) is 3.47. The first kappa shape index (κ1) is 13.6. The van der Waals surface area contributed by atoms with Crippen molar-refractivity contribution < 1.29 is 14.3 Å². The first-order valence-electron chi connectivity index (χ1n) is 6.35. The average Bonchev–Trinajstić information content (AvgIpc) is 2.73. The lowest BCUT2D eigenvalue weighted by Gasteiger charge is -2.14. The Bertz CT molecular complexity index is 601. The van der Waals surface area contributed by atoms with Crippen LogP contribution in [0.4, 0.5) is 0 Å². The number of furan rings is 1. The zero-order valence-electron chi connectivity index (χ0n) is 11.6. The highest BCUT2D eigenvalue weighted by atomic mass is 16.3. The second-order valence-electron chi connectivity index (χ2n) is 4.91. The van der Waals surface area contributed by atoms with Gasteiger partial charge in [-0.05, 0) is 37.1 Å². The highest BCUT2D eigenvalue weighted by Gasteiger charge is 2.14. The molecule has 2 rings (SSSR count). The number of hydrogen-bond donors (Lipinski definition) is 1. The second-order valence-corrected chi connectivity index (χ2v) is 4.91. The van der Waals surface area contributed by atoms with Crippen molar-refractivity contribution in [2.75, 3.05) is 20.2 Å². The van der Waals surface area contributed by atoms with Crippen LogP contribution < -0.4 is 0 Å². The predicted molar refractivity (Wildman–Crippen MR) is 74.1 cm³/mol. The van der Waals surface area contributed by atoms with Gasteiger partial charge in [0.2, 0.25) is 5.91 Å². The molecule has 0 bridgehead atoms. The van der Waals surface area contributed by atoms with Crippen LogP contribution in [0.25, 0.3) is 11.0 Å². The number of nitrogens with zero attached hydrogens (tertiary/aromatic N) is 1. The van der Waals surface area contributed by atoms with Gasteiger partial charge < -0.3 is 14.4 Å². The van der Waals surface area contributed by atoms with E-state index in [9.17, 15) is 4.79 Å². The summed E-state index contributed by atoms with van der Waals surface area (Å²) in [5, 5.41) is 9.83. The number of likely N-dealkylation sites (N-methyl/N-ethyl adjacent to an activating group) is 1. The molecule has 1 aromatic carbocycles. The molecule has 0 aliphatic carbocycles. The SMILES string of the molecule is Cc1cc2occ(CC(=O)N(C)CCO)c2cc1C. The minimum Gasteiger partial charge on any atom is -0.464 e. The maximum atomic E-state index is 12.0. The monoisotopic (exact) mass is 261 g/mol. The van der Waals surface area contributed by atoms with Crippen LogP contribution in [-0.4, -0.2) is 36.1 Å². The number of aliphatic hydroxyl groups is 1. The predicted octanol–water partition coefficient (Wildman–Crippen LogP) is 2.04. The fourth-order valence-electron chi connectivity index (χ4n) is 2.05. The van der Waals surface area contributed by atoms with E-state index in [0.29, 0.717) is 13.0 Å². The number of carbonyl (C=O) groups excluding carboxylic acids is 1. The van der Waals surface area contributed by atoms with Gasteiger partial charge in [0.15, 0.2) is 0 Å². The lowest BCUT2D eigenvalue weighted by molar-refractivity contribution is -0.129. The number of aliphatic hydroxyl groups excluding tert-OH is 1. The fraction of sp³-hybridized carbons (Fsp3) is 0.400. The molecular formula is C15H19NO3. The molecule has 0 saturated heterocycles. The first-order valence-corrected chi connectivity index (χ1v) is 6.35. The van der Waals surface area contributed by atoms with Crippen molar-refractivity contribution >= 4 is 16.9 Å². The summed E-state index contributed by atoms with van der Waals surface area (Å²) in [6, 6.07) is 4.05. The van der Waals surface area contributed by atoms with Gasteiger partial charge in [-0.25, -0.2) is 0 Å². The highest BCUT2D eigenvalue weighted by Crippen LogP contribution is 2.25. The van der Waals surface area contributed by atoms with Crippen molar-refractivity contribution in [3.63, 3.8) is 0 Å². The zero-order chi connectivity index (χ0) is 14.0. The number of rotatable bonds is 4. The normalized spacial score (nSPS) is 10.9. The topological polar surface area (TPSA) is 53.7 Å². The van der Waals surface area contributed by atoms with E-state index in [-0.39, 0.29) is 12.5 Å². The van der Waals surface area contributed by atoms with Crippen LogP contribution in [0.15, 0.2) is 22.8 Å². The summed E-state index contributed by atoms with van der Waals surface area (Å²) < 4.78 is 5.51. The Balaban J connectivity index is 2.26. The molecule has 2 aromatic rings. The van der Waals surface area contributed by atoms with Crippen molar-refractivity contribution in [1.82, 2.24) is 4.90 Å². The van der Waals surface area contributed by atoms with E-state index in [1.165, 1.54) is 16.0 Å². The molecule has 1 aromatic heterocycles. The van der Waals surface area contributed by atoms with Gasteiger partial charge in [0.05, 0.1) is 19.3 Å². The summed E-state index contributed by atoms with van der Waals surface area (Å²) in [5.74, 6) is -0.0185. The Hall–Kier alpha value is -1.81. The van der Waals surface area contributed by atoms with Crippen LogP contribution in [0.1, 0.15) is 16.7 Å². The Morgan fingerprint density at radius 2 is 2.00 bits per heavy atom. The van der Waals surface area contributed by atoms with Gasteiger partial charge in [-0.3, -0.25) is 4.79 Å². The molecule has 4 heteroatoms. The molecule has 0 fully saturated rings. The van der Waals surface area contributed by atoms with Gasteiger partial charge >= 0.3 is 0 Å². The smallest absolute Gasteiger partial charge is 0.226 e. The van der Waals surface area contributed by atoms with E-state index in [4.69, 9.17) is 9.52 Å². The van der Waals surface area contributed by atoms with Gasteiger partial charge in [0, 0.05) is 24.5 Å². The fourth-order valence-corrected chi connectivity index (χ4v) is 2.05. The number of aryl methyl sites for hydroxylation is 2. The third-order valence-corrected chi connectivity index (χ3v) is 3.47. The lowest BCUT2D eigenvalue weighted by atomic mass is 10.0. The molecule has 0 saturated carbocycles. The molecule has 102 valence electrons. The molecule has 1 heterocycles. The van der Waals surface area contributed by atoms with Crippen LogP contribution in [0.3, 0.4) is 0 Å². The first-order chi connectivity index (χ1) is 9.02. The van der Waals surface area contributed by atoms with Crippen molar-refractivity contribution in [3.05, 3.63) is 35.1 Å². The molecule has 1 N–H and O–H groups in total. The summed E-state index contributed by atoms with van der Waals surface area (Å²) in [6.07, 6.45) is 1.94. The molecule has 0 aliphatic rings. The number of hydrogen-bond acceptors (Lipinski definition) is 3. The minimum atomic E-state index is -0.0212. The summed E-state index contributed by atoms with van der Waals surface area (Å²) in [7, 11) is 1.69. The van der Waals surface area contributed by atoms with Crippen molar-refractivity contribution in [2.45, 2.75) is 20.3 Å². The molecule has 0 unspecified atom stereocenters. The number of benzene rings is 1. The Morgan fingerprint density at radius 3 is 2.68 bits per heavy atom. The zero-order valence-corrected chi connectivity index (χ0v) is 11.6. The highest BCUT2D eigenvalue weighted by molar-refractivity contribution is 5.88. The molecular weight excluding hydrogens is 242 g/mol. The minimum absolute atomic E-state index is 0.0185. The number of amides is 1. The van der Waals surface area contributed by atoms with E-state index in [2.05, 4.69) is 6.07 Å². The summed E-state index contributed by atoms with van der Waals surface area (Å²) in [6.45, 7) is 4.42. The van der Waals surface area contributed by atoms with Crippen molar-refractivity contribution in [3.8, 4) is 0 Å². The van der Waals surface area contributed by atoms with Crippen LogP contribution in [0, 0.1) is 13.8 Å². The molecule has 1 amide bonds. The Kier molecular flexibility index (Phi) is 3.90. The van der Waals surface area contributed by atoms with Crippen molar-refractivity contribution in [1.29, 1.82) is 0 Å². The molecule has 0 radical (unpaired) electrons. The third kappa shape index (κ3) is 2.79. The molecule has 4 nitrogen and oxygen atoms in total. The van der Waals surface area contributed by atoms with Crippen LogP contribution in [-0.2, 0) is 11.2 Å². The van der Waals surface area contributed by atoms with E-state index in [1.54, 1.807) is 13.3 Å². The average molecular weight is 261 g/mol. The van der Waals surface area contributed by atoms with Crippen LogP contribution >= 0.6 is 0 Å². The van der Waals surface area contributed by atoms with Crippen LogP contribution in [0.5, 0.6) is 0 Å². The Morgan fingerprint density at radius 1 is 1.32 bits per heavy atom. The maximum absolute atomic E-state index is 12.0. The van der Waals surface area contributed by atoms with E-state index >= 15 is 0 Å². The van der Waals surface area contributed by atoms with Gasteiger partial charge in [-0.1, -0.05) is 0 Å². The summed E-state index contributed by atoms with van der Waals surface area (Å²) in [4.78, 5) is 13.5. The quantitative estimate of drug-likeness (QED) is 0.916. The summed E-state index contributed by atoms with van der Waals surface area (Å²) >= 11 is 0. The number of carbonyl (C=O) groups is 1. The van der Waals surface area contributed by atoms with Crippen LogP contribution in [0.2, 0.25) is 0 Å². The van der Waals surface area contributed by atoms with E-state index in [1.807, 2.05) is 19.9 Å². The van der Waals surface area contributed by atoms with Gasteiger partial charge in [-0.15, -0.1) is 0 Å². The van der Waals surface area contributed by atoms with Gasteiger partial charge in [-0.2, -0.15) is 0 Å². The molecule has 0 aliphatic heterocycles. The van der Waals surface area contributed by atoms with Gasteiger partial charge in [0.1, 0.15) is 5.58 Å². The molecule has 19 heavy (non-hydrogen) atoms. The van der Waals surface area contributed by atoms with Gasteiger partial charge in [0.25, 0.3) is 0 Å². The number of fused-ring (bicyclic) bond motifs is 1. The lowest BCUT2D eigenvalue weighted by Crippen LogP contribution is -2.30. The maximum Gasteiger partial charge on any atom is 0.226 e.